The molecule has 0 bridgehead atoms. The summed E-state index contributed by atoms with van der Waals surface area (Å²) >= 11 is 0. The maximum atomic E-state index is 13.0. The maximum Gasteiger partial charge on any atom is 0.475 e. The van der Waals surface area contributed by atoms with Crippen molar-refractivity contribution in [2.24, 2.45) is 11.8 Å². The van der Waals surface area contributed by atoms with Crippen LogP contribution < -0.4 is 20.3 Å². The number of hydrogen-bond acceptors (Lipinski definition) is 6. The molecule has 2 fully saturated rings. The number of carbonyl (C=O) groups excluding carboxylic acids is 2. The van der Waals surface area contributed by atoms with E-state index < -0.39 is 19.1 Å². The van der Waals surface area contributed by atoms with E-state index in [9.17, 15) is 19.6 Å². The zero-order chi connectivity index (χ0) is 22.5. The molecule has 1 aliphatic carbocycles. The predicted molar refractivity (Wildman–Crippen MR) is 120 cm³/mol. The third kappa shape index (κ3) is 6.37. The number of carbonyl (C=O) groups is 2. The van der Waals surface area contributed by atoms with Gasteiger partial charge in [0.1, 0.15) is 17.8 Å². The number of nitrogens with one attached hydrogen (secondary N) is 2. The van der Waals surface area contributed by atoms with Gasteiger partial charge in [0.25, 0.3) is 0 Å². The van der Waals surface area contributed by atoms with Crippen LogP contribution in [0.2, 0.25) is 0 Å². The fourth-order valence-corrected chi connectivity index (χ4v) is 3.98. The summed E-state index contributed by atoms with van der Waals surface area (Å²) in [7, 11) is -0.0256. The summed E-state index contributed by atoms with van der Waals surface area (Å²) < 4.78 is 5.19. The van der Waals surface area contributed by atoms with Crippen LogP contribution in [-0.4, -0.2) is 60.7 Å². The van der Waals surface area contributed by atoms with Crippen molar-refractivity contribution in [1.82, 2.24) is 10.6 Å². The predicted octanol–water partition coefficient (Wildman–Crippen LogP) is 1.10. The zero-order valence-electron chi connectivity index (χ0n) is 18.6. The summed E-state index contributed by atoms with van der Waals surface area (Å²) in [5, 5.41) is 24.9. The first-order valence-corrected chi connectivity index (χ1v) is 11.2. The largest absolute Gasteiger partial charge is 0.497 e. The fourth-order valence-electron chi connectivity index (χ4n) is 3.98. The number of hydrogen-bond donors (Lipinski definition) is 4. The van der Waals surface area contributed by atoms with E-state index in [1.54, 1.807) is 7.11 Å². The highest BCUT2D eigenvalue weighted by Gasteiger charge is 2.38. The third-order valence-corrected chi connectivity index (χ3v) is 6.04. The normalized spacial score (nSPS) is 19.9. The van der Waals surface area contributed by atoms with Crippen LogP contribution in [0.1, 0.15) is 46.0 Å². The first kappa shape index (κ1) is 23.4. The Balaban J connectivity index is 1.62. The second-order valence-electron chi connectivity index (χ2n) is 9.09. The summed E-state index contributed by atoms with van der Waals surface area (Å²) in [5.74, 6) is 0.0931. The average Bonchev–Trinajstić information content (AvgIpc) is 3.50. The highest BCUT2D eigenvalue weighted by Crippen LogP contribution is 2.34. The fraction of sp³-hybridized carbons (Fsp3) is 0.636. The van der Waals surface area contributed by atoms with Gasteiger partial charge in [0.2, 0.25) is 11.8 Å². The van der Waals surface area contributed by atoms with E-state index in [-0.39, 0.29) is 23.8 Å². The molecule has 2 aliphatic rings. The summed E-state index contributed by atoms with van der Waals surface area (Å²) in [6.45, 7) is 4.68. The van der Waals surface area contributed by atoms with E-state index in [1.807, 2.05) is 43.0 Å². The first-order valence-electron chi connectivity index (χ1n) is 11.2. The van der Waals surface area contributed by atoms with E-state index in [4.69, 9.17) is 4.74 Å². The topological polar surface area (TPSA) is 111 Å². The van der Waals surface area contributed by atoms with Gasteiger partial charge in [-0.1, -0.05) is 26.7 Å². The Labute approximate surface area is 184 Å². The number of rotatable bonds is 11. The summed E-state index contributed by atoms with van der Waals surface area (Å²) in [4.78, 5) is 27.9. The van der Waals surface area contributed by atoms with Crippen molar-refractivity contribution < 1.29 is 24.4 Å². The highest BCUT2D eigenvalue weighted by atomic mass is 16.5. The van der Waals surface area contributed by atoms with Crippen LogP contribution in [0.15, 0.2) is 24.3 Å². The minimum atomic E-state index is -1.64. The minimum Gasteiger partial charge on any atom is -0.497 e. The second-order valence-corrected chi connectivity index (χ2v) is 9.09. The number of methoxy groups -OCH3 is 1. The van der Waals surface area contributed by atoms with Crippen molar-refractivity contribution in [3.63, 3.8) is 0 Å². The molecule has 170 valence electrons. The van der Waals surface area contributed by atoms with Crippen LogP contribution in [0.25, 0.3) is 0 Å². The van der Waals surface area contributed by atoms with E-state index >= 15 is 0 Å². The SMILES string of the molecule is COc1ccc(N2CCC2C(=O)NC(CC2CC2)C(=O)NC(CC(C)C)B(O)O)cc1. The Kier molecular flexibility index (Phi) is 7.83. The monoisotopic (exact) mass is 431 g/mol. The van der Waals surface area contributed by atoms with Crippen LogP contribution in [0.3, 0.4) is 0 Å². The van der Waals surface area contributed by atoms with E-state index in [0.717, 1.165) is 37.2 Å². The lowest BCUT2D eigenvalue weighted by Gasteiger charge is -2.42. The van der Waals surface area contributed by atoms with Gasteiger partial charge >= 0.3 is 7.12 Å². The van der Waals surface area contributed by atoms with Gasteiger partial charge in [-0.15, -0.1) is 0 Å². The van der Waals surface area contributed by atoms with E-state index in [2.05, 4.69) is 10.6 Å². The molecule has 1 aliphatic heterocycles. The first-order chi connectivity index (χ1) is 14.8. The maximum absolute atomic E-state index is 13.0. The number of amides is 2. The molecule has 1 heterocycles. The molecule has 0 radical (unpaired) electrons. The van der Waals surface area contributed by atoms with Crippen LogP contribution in [0.5, 0.6) is 5.75 Å². The van der Waals surface area contributed by atoms with Gasteiger partial charge in [-0.05, 0) is 55.4 Å². The Hall–Kier alpha value is -2.26. The molecule has 3 rings (SSSR count). The van der Waals surface area contributed by atoms with Crippen molar-refractivity contribution in [2.45, 2.75) is 64.0 Å². The molecule has 2 amide bonds. The van der Waals surface area contributed by atoms with Gasteiger partial charge < -0.3 is 30.3 Å². The molecule has 9 heteroatoms. The lowest BCUT2D eigenvalue weighted by atomic mass is 9.75. The van der Waals surface area contributed by atoms with Crippen LogP contribution in [-0.2, 0) is 9.59 Å². The zero-order valence-corrected chi connectivity index (χ0v) is 18.6. The van der Waals surface area contributed by atoms with Crippen LogP contribution in [0, 0.1) is 11.8 Å². The van der Waals surface area contributed by atoms with Crippen molar-refractivity contribution in [1.29, 1.82) is 0 Å². The van der Waals surface area contributed by atoms with Gasteiger partial charge in [0.05, 0.1) is 13.1 Å². The molecule has 31 heavy (non-hydrogen) atoms. The second kappa shape index (κ2) is 10.4. The molecule has 1 saturated carbocycles. The molecule has 3 unspecified atom stereocenters. The van der Waals surface area contributed by atoms with Gasteiger partial charge in [-0.2, -0.15) is 0 Å². The number of ether oxygens (including phenoxy) is 1. The van der Waals surface area contributed by atoms with Gasteiger partial charge in [-0.3, -0.25) is 9.59 Å². The summed E-state index contributed by atoms with van der Waals surface area (Å²) in [6.07, 6.45) is 3.85. The Morgan fingerprint density at radius 2 is 1.84 bits per heavy atom. The molecule has 1 aromatic carbocycles. The van der Waals surface area contributed by atoms with Gasteiger partial charge in [0, 0.05) is 12.2 Å². The third-order valence-electron chi connectivity index (χ3n) is 6.04. The highest BCUT2D eigenvalue weighted by molar-refractivity contribution is 6.43. The Morgan fingerprint density at radius 3 is 2.32 bits per heavy atom. The molecule has 0 aromatic heterocycles. The molecular weight excluding hydrogens is 397 g/mol. The number of benzene rings is 1. The number of nitrogens with zero attached hydrogens (tertiary/aromatic N) is 1. The molecule has 4 N–H and O–H groups in total. The van der Waals surface area contributed by atoms with Crippen LogP contribution >= 0.6 is 0 Å². The summed E-state index contributed by atoms with van der Waals surface area (Å²) in [6, 6.07) is 6.57. The quantitative estimate of drug-likeness (QED) is 0.391. The molecule has 3 atom stereocenters. The molecular formula is C22H34BN3O5. The van der Waals surface area contributed by atoms with Crippen molar-refractivity contribution in [3.05, 3.63) is 24.3 Å². The lowest BCUT2D eigenvalue weighted by Crippen LogP contribution is -2.61. The molecule has 0 spiro atoms. The number of anilines is 1. The summed E-state index contributed by atoms with van der Waals surface area (Å²) in [5.41, 5.74) is 0.941. The smallest absolute Gasteiger partial charge is 0.475 e. The van der Waals surface area contributed by atoms with Gasteiger partial charge in [0.15, 0.2) is 0 Å². The van der Waals surface area contributed by atoms with Crippen molar-refractivity contribution in [3.8, 4) is 5.75 Å². The minimum absolute atomic E-state index is 0.173. The Bertz CT molecular complexity index is 754. The average molecular weight is 431 g/mol. The van der Waals surface area contributed by atoms with Crippen LogP contribution in [0.4, 0.5) is 5.69 Å². The van der Waals surface area contributed by atoms with Crippen molar-refractivity contribution >= 4 is 24.6 Å². The Morgan fingerprint density at radius 1 is 1.16 bits per heavy atom. The standard InChI is InChI=1S/C22H34BN3O5/c1-14(2)12-20(23(29)30)25-21(27)18(13-15-4-5-15)24-22(28)19-10-11-26(19)16-6-8-17(31-3)9-7-16/h6-9,14-15,18-20,29-30H,4-5,10-13H2,1-3H3,(H,24,28)(H,25,27). The van der Waals surface area contributed by atoms with E-state index in [1.165, 1.54) is 0 Å². The molecule has 1 saturated heterocycles. The van der Waals surface area contributed by atoms with Crippen molar-refractivity contribution in [2.75, 3.05) is 18.6 Å². The molecule has 1 aromatic rings. The van der Waals surface area contributed by atoms with E-state index in [0.29, 0.717) is 18.8 Å². The lowest BCUT2D eigenvalue weighted by molar-refractivity contribution is -0.130. The molecule has 8 nitrogen and oxygen atoms in total. The van der Waals surface area contributed by atoms with Gasteiger partial charge in [-0.25, -0.2) is 0 Å².